The van der Waals surface area contributed by atoms with Gasteiger partial charge in [0, 0.05) is 14.6 Å². The van der Waals surface area contributed by atoms with Gasteiger partial charge in [-0.2, -0.15) is 5.26 Å². The molecule has 4 heteroatoms. The highest BCUT2D eigenvalue weighted by atomic mass is 79.9. The Morgan fingerprint density at radius 1 is 1.47 bits per heavy atom. The SMILES string of the molecule is CC(O)C(C)Sc1ccc(Br)cc1C#N. The van der Waals surface area contributed by atoms with E-state index in [0.717, 1.165) is 9.37 Å². The number of benzene rings is 1. The maximum atomic E-state index is 9.39. The van der Waals surface area contributed by atoms with Gasteiger partial charge < -0.3 is 5.11 Å². The maximum absolute atomic E-state index is 9.39. The topological polar surface area (TPSA) is 44.0 Å². The van der Waals surface area contributed by atoms with Crippen molar-refractivity contribution in [2.24, 2.45) is 0 Å². The molecule has 0 radical (unpaired) electrons. The number of thioether (sulfide) groups is 1. The zero-order valence-electron chi connectivity index (χ0n) is 8.57. The number of hydrogen-bond donors (Lipinski definition) is 1. The Hall–Kier alpha value is -0.500. The van der Waals surface area contributed by atoms with Crippen molar-refractivity contribution in [3.05, 3.63) is 28.2 Å². The van der Waals surface area contributed by atoms with Crippen LogP contribution in [0.5, 0.6) is 0 Å². The summed E-state index contributed by atoms with van der Waals surface area (Å²) in [5.41, 5.74) is 0.641. The van der Waals surface area contributed by atoms with Crippen LogP contribution in [0.2, 0.25) is 0 Å². The van der Waals surface area contributed by atoms with Crippen molar-refractivity contribution < 1.29 is 5.11 Å². The van der Waals surface area contributed by atoms with E-state index in [1.54, 1.807) is 13.0 Å². The first kappa shape index (κ1) is 12.6. The number of aliphatic hydroxyl groups is 1. The molecule has 80 valence electrons. The minimum absolute atomic E-state index is 0.0817. The van der Waals surface area contributed by atoms with Crippen molar-refractivity contribution >= 4 is 27.7 Å². The van der Waals surface area contributed by atoms with Gasteiger partial charge in [0.15, 0.2) is 0 Å². The number of rotatable bonds is 3. The molecule has 2 nitrogen and oxygen atoms in total. The fraction of sp³-hybridized carbons (Fsp3) is 0.364. The summed E-state index contributed by atoms with van der Waals surface area (Å²) in [6.07, 6.45) is -0.384. The lowest BCUT2D eigenvalue weighted by molar-refractivity contribution is 0.196. The van der Waals surface area contributed by atoms with Crippen molar-refractivity contribution in [1.29, 1.82) is 5.26 Å². The Kier molecular flexibility index (Phi) is 4.65. The predicted octanol–water partition coefficient (Wildman–Crippen LogP) is 3.18. The van der Waals surface area contributed by atoms with Crippen molar-refractivity contribution in [1.82, 2.24) is 0 Å². The van der Waals surface area contributed by atoms with Crippen molar-refractivity contribution in [2.75, 3.05) is 0 Å². The summed E-state index contributed by atoms with van der Waals surface area (Å²) < 4.78 is 0.896. The van der Waals surface area contributed by atoms with Crippen molar-refractivity contribution in [2.45, 2.75) is 30.1 Å². The molecule has 0 amide bonds. The van der Waals surface area contributed by atoms with Crippen molar-refractivity contribution in [3.8, 4) is 6.07 Å². The van der Waals surface area contributed by atoms with Gasteiger partial charge in [-0.1, -0.05) is 22.9 Å². The van der Waals surface area contributed by atoms with Crippen LogP contribution in [0.3, 0.4) is 0 Å². The minimum Gasteiger partial charge on any atom is -0.392 e. The average molecular weight is 286 g/mol. The second-order valence-electron chi connectivity index (χ2n) is 3.32. The molecule has 1 N–H and O–H groups in total. The Labute approximate surface area is 102 Å². The molecule has 1 rings (SSSR count). The first-order valence-corrected chi connectivity index (χ1v) is 6.26. The van der Waals surface area contributed by atoms with Crippen LogP contribution in [0.15, 0.2) is 27.6 Å². The lowest BCUT2D eigenvalue weighted by atomic mass is 10.2. The van der Waals surface area contributed by atoms with Gasteiger partial charge in [0.1, 0.15) is 6.07 Å². The van der Waals surface area contributed by atoms with Gasteiger partial charge in [-0.15, -0.1) is 11.8 Å². The Morgan fingerprint density at radius 3 is 2.67 bits per heavy atom. The van der Waals surface area contributed by atoms with Crippen LogP contribution >= 0.6 is 27.7 Å². The largest absolute Gasteiger partial charge is 0.392 e. The van der Waals surface area contributed by atoms with Crippen LogP contribution in [0.25, 0.3) is 0 Å². The van der Waals surface area contributed by atoms with Crippen LogP contribution in [0, 0.1) is 11.3 Å². The van der Waals surface area contributed by atoms with Gasteiger partial charge in [0.2, 0.25) is 0 Å². The Balaban J connectivity index is 2.91. The zero-order chi connectivity index (χ0) is 11.4. The van der Waals surface area contributed by atoms with E-state index in [-0.39, 0.29) is 11.4 Å². The summed E-state index contributed by atoms with van der Waals surface area (Å²) in [7, 11) is 0. The summed E-state index contributed by atoms with van der Waals surface area (Å²) in [5.74, 6) is 0. The van der Waals surface area contributed by atoms with E-state index in [2.05, 4.69) is 22.0 Å². The van der Waals surface area contributed by atoms with Gasteiger partial charge in [-0.25, -0.2) is 0 Å². The number of nitriles is 1. The second kappa shape index (κ2) is 5.55. The molecule has 0 saturated heterocycles. The molecule has 0 bridgehead atoms. The van der Waals surface area contributed by atoms with E-state index >= 15 is 0 Å². The number of halogens is 1. The minimum atomic E-state index is -0.384. The molecule has 1 aromatic carbocycles. The molecule has 0 aliphatic heterocycles. The third-order valence-electron chi connectivity index (χ3n) is 2.05. The van der Waals surface area contributed by atoms with E-state index < -0.39 is 0 Å². The summed E-state index contributed by atoms with van der Waals surface area (Å²) >= 11 is 4.84. The van der Waals surface area contributed by atoms with E-state index in [1.807, 2.05) is 19.1 Å². The molecule has 15 heavy (non-hydrogen) atoms. The molecule has 2 unspecified atom stereocenters. The number of nitrogens with zero attached hydrogens (tertiary/aromatic N) is 1. The van der Waals surface area contributed by atoms with Crippen LogP contribution < -0.4 is 0 Å². The molecule has 2 atom stereocenters. The molecule has 0 aliphatic rings. The molecular formula is C11H12BrNOS. The van der Waals surface area contributed by atoms with Crippen LogP contribution in [0.4, 0.5) is 0 Å². The summed E-state index contributed by atoms with van der Waals surface area (Å²) in [6, 6.07) is 7.73. The quantitative estimate of drug-likeness (QED) is 0.868. The highest BCUT2D eigenvalue weighted by Gasteiger charge is 2.12. The molecule has 0 aliphatic carbocycles. The molecular weight excluding hydrogens is 274 g/mol. The standard InChI is InChI=1S/C11H12BrNOS/c1-7(14)8(2)15-11-4-3-10(12)5-9(11)6-13/h3-5,7-8,14H,1-2H3. The van der Waals surface area contributed by atoms with Gasteiger partial charge in [-0.05, 0) is 25.1 Å². The maximum Gasteiger partial charge on any atom is 0.100 e. The Morgan fingerprint density at radius 2 is 2.13 bits per heavy atom. The molecule has 0 saturated carbocycles. The molecule has 0 spiro atoms. The summed E-state index contributed by atoms with van der Waals surface area (Å²) in [5, 5.41) is 18.4. The van der Waals surface area contributed by atoms with Crippen LogP contribution in [0.1, 0.15) is 19.4 Å². The number of hydrogen-bond acceptors (Lipinski definition) is 3. The van der Waals surface area contributed by atoms with Gasteiger partial charge in [0.25, 0.3) is 0 Å². The number of aliphatic hydroxyl groups excluding tert-OH is 1. The van der Waals surface area contributed by atoms with Crippen molar-refractivity contribution in [3.63, 3.8) is 0 Å². The fourth-order valence-corrected chi connectivity index (χ4v) is 2.33. The van der Waals surface area contributed by atoms with E-state index in [4.69, 9.17) is 5.26 Å². The predicted molar refractivity (Wildman–Crippen MR) is 65.9 cm³/mol. The smallest absolute Gasteiger partial charge is 0.100 e. The normalized spacial score (nSPS) is 14.3. The van der Waals surface area contributed by atoms with Crippen LogP contribution in [-0.4, -0.2) is 16.5 Å². The fourth-order valence-electron chi connectivity index (χ4n) is 0.991. The highest BCUT2D eigenvalue weighted by Crippen LogP contribution is 2.29. The average Bonchev–Trinajstić information content (AvgIpc) is 2.20. The van der Waals surface area contributed by atoms with E-state index in [9.17, 15) is 5.11 Å². The highest BCUT2D eigenvalue weighted by molar-refractivity contribution is 9.10. The molecule has 0 aromatic heterocycles. The third kappa shape index (κ3) is 3.53. The van der Waals surface area contributed by atoms with Gasteiger partial charge >= 0.3 is 0 Å². The van der Waals surface area contributed by atoms with E-state index in [0.29, 0.717) is 5.56 Å². The Bertz CT molecular complexity index is 387. The monoisotopic (exact) mass is 285 g/mol. The lowest BCUT2D eigenvalue weighted by Crippen LogP contribution is -2.15. The zero-order valence-corrected chi connectivity index (χ0v) is 11.0. The second-order valence-corrected chi connectivity index (χ2v) is 5.65. The lowest BCUT2D eigenvalue weighted by Gasteiger charge is -2.14. The molecule has 0 fully saturated rings. The van der Waals surface area contributed by atoms with Crippen LogP contribution in [-0.2, 0) is 0 Å². The first-order valence-electron chi connectivity index (χ1n) is 4.59. The first-order chi connectivity index (χ1) is 7.04. The summed E-state index contributed by atoms with van der Waals surface area (Å²) in [6.45, 7) is 3.70. The molecule has 1 aromatic rings. The molecule has 0 heterocycles. The van der Waals surface area contributed by atoms with Gasteiger partial charge in [-0.3, -0.25) is 0 Å². The third-order valence-corrected chi connectivity index (χ3v) is 3.92. The summed E-state index contributed by atoms with van der Waals surface area (Å²) in [4.78, 5) is 0.911. The van der Waals surface area contributed by atoms with E-state index in [1.165, 1.54) is 11.8 Å². The van der Waals surface area contributed by atoms with Gasteiger partial charge in [0.05, 0.1) is 11.7 Å².